The minimum absolute atomic E-state index is 0.551. The highest BCUT2D eigenvalue weighted by molar-refractivity contribution is 5.83. The normalized spacial score (nSPS) is 12.9. The molecule has 0 amide bonds. The summed E-state index contributed by atoms with van der Waals surface area (Å²) in [5.74, 6) is 0. The van der Waals surface area contributed by atoms with Crippen LogP contribution in [0.2, 0.25) is 0 Å². The van der Waals surface area contributed by atoms with Gasteiger partial charge in [-0.2, -0.15) is 0 Å². The lowest BCUT2D eigenvalue weighted by Crippen LogP contribution is -2.02. The molecule has 0 saturated carbocycles. The minimum Gasteiger partial charge on any atom is -0.464 e. The van der Waals surface area contributed by atoms with Crippen LogP contribution in [0.25, 0.3) is 11.0 Å². The van der Waals surface area contributed by atoms with Gasteiger partial charge in [-0.1, -0.05) is 18.2 Å². The predicted octanol–water partition coefficient (Wildman–Crippen LogP) is 2.32. The maximum absolute atomic E-state index is 10.7. The lowest BCUT2D eigenvalue weighted by molar-refractivity contribution is -0.116. The number of methoxy groups -OCH3 is 1. The van der Waals surface area contributed by atoms with E-state index in [1.54, 1.807) is 6.26 Å². The Morgan fingerprint density at radius 3 is 3.00 bits per heavy atom. The first-order valence-electron chi connectivity index (χ1n) is 4.31. The van der Waals surface area contributed by atoms with E-state index in [4.69, 9.17) is 9.15 Å². The average Bonchev–Trinajstić information content (AvgIpc) is 2.68. The Balaban J connectivity index is 2.60. The fourth-order valence-electron chi connectivity index (χ4n) is 1.50. The molecule has 1 heterocycles. The lowest BCUT2D eigenvalue weighted by atomic mass is 10.1. The van der Waals surface area contributed by atoms with Crippen molar-refractivity contribution in [2.24, 2.45) is 0 Å². The maximum Gasteiger partial charge on any atom is 0.153 e. The molecule has 2 rings (SSSR count). The SMILES string of the molecule is COC(C=O)c1cccc2ccoc12. The zero-order valence-electron chi connectivity index (χ0n) is 7.77. The van der Waals surface area contributed by atoms with Gasteiger partial charge in [0.15, 0.2) is 6.29 Å². The van der Waals surface area contributed by atoms with Crippen molar-refractivity contribution in [3.8, 4) is 0 Å². The van der Waals surface area contributed by atoms with Crippen LogP contribution in [0.5, 0.6) is 0 Å². The Morgan fingerprint density at radius 2 is 2.29 bits per heavy atom. The van der Waals surface area contributed by atoms with Crippen LogP contribution in [0.1, 0.15) is 11.7 Å². The summed E-state index contributed by atoms with van der Waals surface area (Å²) < 4.78 is 10.3. The number of benzene rings is 1. The Bertz CT molecular complexity index is 444. The van der Waals surface area contributed by atoms with E-state index in [0.29, 0.717) is 5.58 Å². The molecule has 3 nitrogen and oxygen atoms in total. The van der Waals surface area contributed by atoms with E-state index in [9.17, 15) is 4.79 Å². The zero-order chi connectivity index (χ0) is 9.97. The van der Waals surface area contributed by atoms with E-state index in [2.05, 4.69) is 0 Å². The van der Waals surface area contributed by atoms with Gasteiger partial charge in [0, 0.05) is 18.1 Å². The maximum atomic E-state index is 10.7. The summed E-state index contributed by atoms with van der Waals surface area (Å²) in [5, 5.41) is 0.978. The number of aldehydes is 1. The van der Waals surface area contributed by atoms with Gasteiger partial charge in [0.25, 0.3) is 0 Å². The quantitative estimate of drug-likeness (QED) is 0.697. The second-order valence-corrected chi connectivity index (χ2v) is 2.98. The van der Waals surface area contributed by atoms with E-state index in [1.165, 1.54) is 7.11 Å². The van der Waals surface area contributed by atoms with Crippen LogP contribution in [-0.2, 0) is 9.53 Å². The molecule has 0 N–H and O–H groups in total. The van der Waals surface area contributed by atoms with Gasteiger partial charge >= 0.3 is 0 Å². The van der Waals surface area contributed by atoms with Crippen molar-refractivity contribution in [1.82, 2.24) is 0 Å². The molecule has 1 atom stereocenters. The summed E-state index contributed by atoms with van der Waals surface area (Å²) in [5.41, 5.74) is 1.48. The van der Waals surface area contributed by atoms with Crippen molar-refractivity contribution < 1.29 is 13.9 Å². The molecule has 0 saturated heterocycles. The van der Waals surface area contributed by atoms with Crippen LogP contribution >= 0.6 is 0 Å². The largest absolute Gasteiger partial charge is 0.464 e. The standard InChI is InChI=1S/C11H10O3/c1-13-10(7-12)9-4-2-3-8-5-6-14-11(8)9/h2-7,10H,1H3. The lowest BCUT2D eigenvalue weighted by Gasteiger charge is -2.08. The van der Waals surface area contributed by atoms with Crippen molar-refractivity contribution in [3.63, 3.8) is 0 Å². The number of hydrogen-bond acceptors (Lipinski definition) is 3. The van der Waals surface area contributed by atoms with Gasteiger partial charge < -0.3 is 13.9 Å². The molecule has 1 aromatic heterocycles. The molecular weight excluding hydrogens is 180 g/mol. The fraction of sp³-hybridized carbons (Fsp3) is 0.182. The third-order valence-corrected chi connectivity index (χ3v) is 2.19. The number of rotatable bonds is 3. The fourth-order valence-corrected chi connectivity index (χ4v) is 1.50. The van der Waals surface area contributed by atoms with Crippen molar-refractivity contribution >= 4 is 17.3 Å². The third-order valence-electron chi connectivity index (χ3n) is 2.19. The van der Waals surface area contributed by atoms with Crippen molar-refractivity contribution in [2.45, 2.75) is 6.10 Å². The summed E-state index contributed by atoms with van der Waals surface area (Å²) in [4.78, 5) is 10.7. The number of ether oxygens (including phenoxy) is 1. The summed E-state index contributed by atoms with van der Waals surface area (Å²) in [6.07, 6.45) is 1.81. The Morgan fingerprint density at radius 1 is 1.43 bits per heavy atom. The highest BCUT2D eigenvalue weighted by Gasteiger charge is 2.13. The number of carbonyl (C=O) groups is 1. The molecule has 0 radical (unpaired) electrons. The second-order valence-electron chi connectivity index (χ2n) is 2.98. The summed E-state index contributed by atoms with van der Waals surface area (Å²) >= 11 is 0. The molecule has 2 aromatic rings. The van der Waals surface area contributed by atoms with Gasteiger partial charge in [-0.3, -0.25) is 0 Å². The van der Waals surface area contributed by atoms with E-state index >= 15 is 0 Å². The van der Waals surface area contributed by atoms with Crippen LogP contribution < -0.4 is 0 Å². The minimum atomic E-state index is -0.551. The van der Waals surface area contributed by atoms with E-state index in [0.717, 1.165) is 17.2 Å². The molecule has 14 heavy (non-hydrogen) atoms. The first kappa shape index (κ1) is 8.97. The van der Waals surface area contributed by atoms with Crippen LogP contribution in [0.4, 0.5) is 0 Å². The average molecular weight is 190 g/mol. The van der Waals surface area contributed by atoms with Crippen LogP contribution in [0.15, 0.2) is 34.9 Å². The van der Waals surface area contributed by atoms with Crippen LogP contribution in [0.3, 0.4) is 0 Å². The summed E-state index contributed by atoms with van der Waals surface area (Å²) in [7, 11) is 1.50. The van der Waals surface area contributed by atoms with Crippen LogP contribution in [0, 0.1) is 0 Å². The molecule has 0 spiro atoms. The van der Waals surface area contributed by atoms with E-state index in [-0.39, 0.29) is 0 Å². The van der Waals surface area contributed by atoms with E-state index < -0.39 is 6.10 Å². The number of furan rings is 1. The van der Waals surface area contributed by atoms with Crippen LogP contribution in [-0.4, -0.2) is 13.4 Å². The van der Waals surface area contributed by atoms with Gasteiger partial charge in [0.2, 0.25) is 0 Å². The number of fused-ring (bicyclic) bond motifs is 1. The number of para-hydroxylation sites is 1. The number of hydrogen-bond donors (Lipinski definition) is 0. The smallest absolute Gasteiger partial charge is 0.153 e. The van der Waals surface area contributed by atoms with Crippen molar-refractivity contribution in [2.75, 3.05) is 7.11 Å². The Labute approximate surface area is 81.3 Å². The summed E-state index contributed by atoms with van der Waals surface area (Å²) in [6.45, 7) is 0. The Kier molecular flexibility index (Phi) is 2.33. The molecular formula is C11H10O3. The first-order chi connectivity index (χ1) is 6.86. The van der Waals surface area contributed by atoms with E-state index in [1.807, 2.05) is 24.3 Å². The van der Waals surface area contributed by atoms with Crippen molar-refractivity contribution in [1.29, 1.82) is 0 Å². The highest BCUT2D eigenvalue weighted by Crippen LogP contribution is 2.25. The Hall–Kier alpha value is -1.61. The molecule has 1 unspecified atom stereocenters. The molecule has 0 aliphatic heterocycles. The molecule has 0 aliphatic rings. The molecule has 72 valence electrons. The van der Waals surface area contributed by atoms with Gasteiger partial charge in [-0.15, -0.1) is 0 Å². The summed E-state index contributed by atoms with van der Waals surface area (Å²) in [6, 6.07) is 7.49. The van der Waals surface area contributed by atoms with Gasteiger partial charge in [-0.25, -0.2) is 0 Å². The molecule has 1 aromatic carbocycles. The molecule has 0 bridgehead atoms. The third kappa shape index (κ3) is 1.32. The second kappa shape index (κ2) is 3.64. The molecule has 3 heteroatoms. The van der Waals surface area contributed by atoms with Gasteiger partial charge in [-0.05, 0) is 6.07 Å². The zero-order valence-corrected chi connectivity index (χ0v) is 7.77. The topological polar surface area (TPSA) is 39.4 Å². The highest BCUT2D eigenvalue weighted by atomic mass is 16.5. The molecule has 0 fully saturated rings. The van der Waals surface area contributed by atoms with Gasteiger partial charge in [0.1, 0.15) is 11.7 Å². The predicted molar refractivity (Wildman–Crippen MR) is 52.0 cm³/mol. The number of carbonyl (C=O) groups excluding carboxylic acids is 1. The monoisotopic (exact) mass is 190 g/mol. The van der Waals surface area contributed by atoms with Crippen molar-refractivity contribution in [3.05, 3.63) is 36.1 Å². The first-order valence-corrected chi connectivity index (χ1v) is 4.31. The molecule has 0 aliphatic carbocycles. The van der Waals surface area contributed by atoms with Gasteiger partial charge in [0.05, 0.1) is 6.26 Å².